The molecule has 2 aliphatic heterocycles. The number of hydrogen-bond donors (Lipinski definition) is 1. The largest absolute Gasteiger partial charge is 0.309 e. The van der Waals surface area contributed by atoms with Crippen LogP contribution in [0.4, 0.5) is 4.39 Å². The van der Waals surface area contributed by atoms with Crippen LogP contribution in [0.5, 0.6) is 0 Å². The van der Waals surface area contributed by atoms with Gasteiger partial charge in [-0.05, 0) is 50.2 Å². The Morgan fingerprint density at radius 1 is 1.24 bits per heavy atom. The zero-order valence-corrected chi connectivity index (χ0v) is 13.5. The highest BCUT2D eigenvalue weighted by Crippen LogP contribution is 2.35. The third kappa shape index (κ3) is 3.09. The molecule has 0 radical (unpaired) electrons. The minimum absolute atomic E-state index is 0.135. The minimum Gasteiger partial charge on any atom is -0.309 e. The monoisotopic (exact) mass is 311 g/mol. The topological polar surface area (TPSA) is 18.5 Å². The molecule has 1 aromatic carbocycles. The van der Waals surface area contributed by atoms with Crippen molar-refractivity contribution in [2.45, 2.75) is 25.4 Å². The molecule has 2 aliphatic rings. The van der Waals surface area contributed by atoms with E-state index in [0.29, 0.717) is 11.1 Å². The molecule has 1 N–H and O–H groups in total. The van der Waals surface area contributed by atoms with Crippen LogP contribution < -0.4 is 5.32 Å². The van der Waals surface area contributed by atoms with Crippen LogP contribution in [-0.2, 0) is 0 Å². The average Bonchev–Trinajstić information content (AvgIpc) is 2.93. The number of likely N-dealkylation sites (N-methyl/N-ethyl adjacent to an activating group) is 1. The Hall–Kier alpha value is -0.680. The fourth-order valence-electron chi connectivity index (χ4n) is 3.53. The lowest BCUT2D eigenvalue weighted by atomic mass is 9.97. The molecule has 1 aromatic rings. The smallest absolute Gasteiger partial charge is 0.123 e. The van der Waals surface area contributed by atoms with E-state index in [9.17, 15) is 4.39 Å². The van der Waals surface area contributed by atoms with Crippen LogP contribution in [0.3, 0.4) is 0 Å². The lowest BCUT2D eigenvalue weighted by Crippen LogP contribution is -2.50. The van der Waals surface area contributed by atoms with Crippen LogP contribution in [0, 0.1) is 12.7 Å². The number of hydrogen-bond acceptors (Lipinski definition) is 3. The second-order valence-electron chi connectivity index (χ2n) is 6.25. The Morgan fingerprint density at radius 2 is 1.95 bits per heavy atom. The summed E-state index contributed by atoms with van der Waals surface area (Å²) < 4.78 is 13.8. The first-order chi connectivity index (χ1) is 10.1. The van der Waals surface area contributed by atoms with Crippen molar-refractivity contribution >= 4 is 11.6 Å². The van der Waals surface area contributed by atoms with Crippen molar-refractivity contribution in [3.63, 3.8) is 0 Å². The van der Waals surface area contributed by atoms with Crippen molar-refractivity contribution < 1.29 is 4.39 Å². The van der Waals surface area contributed by atoms with Gasteiger partial charge in [0, 0.05) is 43.3 Å². The van der Waals surface area contributed by atoms with Gasteiger partial charge in [-0.3, -0.25) is 4.90 Å². The van der Waals surface area contributed by atoms with Crippen molar-refractivity contribution in [1.29, 1.82) is 0 Å². The fraction of sp³-hybridized carbons (Fsp3) is 0.625. The predicted octanol–water partition coefficient (Wildman–Crippen LogP) is 2.44. The van der Waals surface area contributed by atoms with Crippen LogP contribution >= 0.6 is 11.6 Å². The van der Waals surface area contributed by atoms with Crippen LogP contribution in [0.15, 0.2) is 12.1 Å². The maximum atomic E-state index is 13.8. The zero-order valence-electron chi connectivity index (χ0n) is 12.7. The van der Waals surface area contributed by atoms with Gasteiger partial charge < -0.3 is 10.2 Å². The van der Waals surface area contributed by atoms with Crippen molar-refractivity contribution in [2.24, 2.45) is 0 Å². The van der Waals surface area contributed by atoms with Crippen LogP contribution in [0.25, 0.3) is 0 Å². The molecule has 0 spiro atoms. The summed E-state index contributed by atoms with van der Waals surface area (Å²) in [5.74, 6) is -0.197. The third-order valence-corrected chi connectivity index (χ3v) is 5.29. The lowest BCUT2D eigenvalue weighted by Gasteiger charge is -2.39. The van der Waals surface area contributed by atoms with Gasteiger partial charge in [0.2, 0.25) is 0 Å². The molecule has 2 atom stereocenters. The molecule has 3 rings (SSSR count). The van der Waals surface area contributed by atoms with Crippen LogP contribution in [-0.4, -0.2) is 55.6 Å². The first-order valence-corrected chi connectivity index (χ1v) is 8.05. The Bertz CT molecular complexity index is 514. The van der Waals surface area contributed by atoms with Gasteiger partial charge in [-0.2, -0.15) is 0 Å². The van der Waals surface area contributed by atoms with Gasteiger partial charge in [0.25, 0.3) is 0 Å². The summed E-state index contributed by atoms with van der Waals surface area (Å²) in [6.45, 7) is 7.18. The van der Waals surface area contributed by atoms with Gasteiger partial charge in [-0.15, -0.1) is 0 Å². The number of aryl methyl sites for hydroxylation is 1. The van der Waals surface area contributed by atoms with E-state index >= 15 is 0 Å². The molecule has 21 heavy (non-hydrogen) atoms. The average molecular weight is 312 g/mol. The maximum Gasteiger partial charge on any atom is 0.123 e. The van der Waals surface area contributed by atoms with Gasteiger partial charge in [0.05, 0.1) is 0 Å². The normalized spacial score (nSPS) is 28.2. The molecule has 2 heterocycles. The highest BCUT2D eigenvalue weighted by atomic mass is 35.5. The van der Waals surface area contributed by atoms with E-state index in [0.717, 1.165) is 50.3 Å². The second kappa shape index (κ2) is 6.21. The van der Waals surface area contributed by atoms with E-state index in [4.69, 9.17) is 11.6 Å². The molecule has 0 unspecified atom stereocenters. The van der Waals surface area contributed by atoms with Gasteiger partial charge in [-0.1, -0.05) is 11.6 Å². The predicted molar refractivity (Wildman–Crippen MR) is 84.4 cm³/mol. The third-order valence-electron chi connectivity index (χ3n) is 4.78. The Morgan fingerprint density at radius 3 is 2.67 bits per heavy atom. The molecule has 0 bridgehead atoms. The summed E-state index contributed by atoms with van der Waals surface area (Å²) in [7, 11) is 2.16. The number of nitrogens with one attached hydrogen (secondary N) is 1. The Balaban J connectivity index is 1.84. The van der Waals surface area contributed by atoms with E-state index in [1.807, 2.05) is 6.92 Å². The van der Waals surface area contributed by atoms with Crippen LogP contribution in [0.1, 0.15) is 23.6 Å². The molecule has 116 valence electrons. The van der Waals surface area contributed by atoms with Gasteiger partial charge >= 0.3 is 0 Å². The molecular weight excluding hydrogens is 289 g/mol. The van der Waals surface area contributed by atoms with Crippen molar-refractivity contribution in [3.8, 4) is 0 Å². The first kappa shape index (κ1) is 15.2. The van der Waals surface area contributed by atoms with Gasteiger partial charge in [-0.25, -0.2) is 4.39 Å². The summed E-state index contributed by atoms with van der Waals surface area (Å²) in [5, 5.41) is 4.22. The summed E-state index contributed by atoms with van der Waals surface area (Å²) in [6, 6.07) is 3.65. The minimum atomic E-state index is -0.197. The Kier molecular flexibility index (Phi) is 4.50. The Labute approximate surface area is 131 Å². The van der Waals surface area contributed by atoms with Crippen molar-refractivity contribution in [2.75, 3.05) is 39.8 Å². The number of piperazine rings is 1. The molecule has 2 fully saturated rings. The first-order valence-electron chi connectivity index (χ1n) is 7.68. The van der Waals surface area contributed by atoms with Crippen molar-refractivity contribution in [3.05, 3.63) is 34.1 Å². The summed E-state index contributed by atoms with van der Waals surface area (Å²) in [5.41, 5.74) is 1.73. The van der Waals surface area contributed by atoms with E-state index in [1.54, 1.807) is 6.07 Å². The van der Waals surface area contributed by atoms with Gasteiger partial charge in [0.15, 0.2) is 0 Å². The quantitative estimate of drug-likeness (QED) is 0.905. The maximum absolute atomic E-state index is 13.8. The molecule has 0 saturated carbocycles. The number of benzene rings is 1. The molecule has 2 saturated heterocycles. The number of halogens is 2. The molecule has 0 amide bonds. The zero-order chi connectivity index (χ0) is 15.0. The molecular formula is C16H23ClFN3. The van der Waals surface area contributed by atoms with Crippen molar-refractivity contribution in [1.82, 2.24) is 15.1 Å². The SMILES string of the molecule is Cc1cc(F)cc([C@@H]2NCC[C@@H]2N2CCN(C)CC2)c1Cl. The molecule has 3 nitrogen and oxygen atoms in total. The van der Waals surface area contributed by atoms with E-state index in [1.165, 1.54) is 6.07 Å². The summed E-state index contributed by atoms with van der Waals surface area (Å²) >= 11 is 6.44. The number of rotatable bonds is 2. The summed E-state index contributed by atoms with van der Waals surface area (Å²) in [4.78, 5) is 4.88. The highest BCUT2D eigenvalue weighted by Gasteiger charge is 2.35. The molecule has 0 aromatic heterocycles. The standard InChI is InChI=1S/C16H23ClFN3/c1-11-9-12(18)10-13(15(11)17)16-14(3-4-19-16)21-7-5-20(2)6-8-21/h9-10,14,16,19H,3-8H2,1-2H3/t14-,16-/m0/s1. The molecule has 0 aliphatic carbocycles. The second-order valence-corrected chi connectivity index (χ2v) is 6.63. The van der Waals surface area contributed by atoms with Crippen LogP contribution in [0.2, 0.25) is 5.02 Å². The van der Waals surface area contributed by atoms with E-state index in [-0.39, 0.29) is 11.9 Å². The van der Waals surface area contributed by atoms with E-state index in [2.05, 4.69) is 22.2 Å². The van der Waals surface area contributed by atoms with Gasteiger partial charge in [0.1, 0.15) is 5.82 Å². The summed E-state index contributed by atoms with van der Waals surface area (Å²) in [6.07, 6.45) is 1.10. The fourth-order valence-corrected chi connectivity index (χ4v) is 3.76. The van der Waals surface area contributed by atoms with E-state index < -0.39 is 0 Å². The molecule has 5 heteroatoms. The number of nitrogens with zero attached hydrogens (tertiary/aromatic N) is 2. The highest BCUT2D eigenvalue weighted by molar-refractivity contribution is 6.32. The lowest BCUT2D eigenvalue weighted by molar-refractivity contribution is 0.104.